The molecule has 0 radical (unpaired) electrons. The van der Waals surface area contributed by atoms with Gasteiger partial charge in [-0.3, -0.25) is 4.79 Å². The van der Waals surface area contributed by atoms with Crippen LogP contribution in [0.2, 0.25) is 0 Å². The van der Waals surface area contributed by atoms with Crippen LogP contribution in [0, 0.1) is 13.8 Å². The van der Waals surface area contributed by atoms with Crippen molar-refractivity contribution in [1.29, 1.82) is 0 Å². The van der Waals surface area contributed by atoms with Gasteiger partial charge in [-0.15, -0.1) is 0 Å². The van der Waals surface area contributed by atoms with Crippen LogP contribution in [0.5, 0.6) is 0 Å². The molecule has 1 fully saturated rings. The van der Waals surface area contributed by atoms with Crippen LogP contribution in [0.25, 0.3) is 0 Å². The Morgan fingerprint density at radius 1 is 0.788 bits per heavy atom. The zero-order valence-electron chi connectivity index (χ0n) is 20.3. The Hall–Kier alpha value is -3.02. The Morgan fingerprint density at radius 3 is 2.09 bits per heavy atom. The molecule has 178 valence electrons. The van der Waals surface area contributed by atoms with E-state index in [0.717, 1.165) is 61.6 Å². The van der Waals surface area contributed by atoms with Crippen LogP contribution in [0.15, 0.2) is 42.5 Å². The number of rotatable bonds is 9. The van der Waals surface area contributed by atoms with Crippen LogP contribution in [0.4, 0.5) is 21.9 Å². The number of urea groups is 1. The highest BCUT2D eigenvalue weighted by Gasteiger charge is 2.21. The van der Waals surface area contributed by atoms with Gasteiger partial charge < -0.3 is 20.4 Å². The smallest absolute Gasteiger partial charge is 0.323 e. The van der Waals surface area contributed by atoms with Crippen LogP contribution in [0.3, 0.4) is 0 Å². The number of unbranched alkanes of at least 4 members (excludes halogenated alkanes) is 4. The first-order valence-corrected chi connectivity index (χ1v) is 12.2. The molecule has 0 atom stereocenters. The average Bonchev–Trinajstić information content (AvgIpc) is 2.82. The third-order valence-electron chi connectivity index (χ3n) is 6.38. The molecule has 1 saturated heterocycles. The lowest BCUT2D eigenvalue weighted by atomic mass is 10.1. The molecule has 0 saturated carbocycles. The molecule has 3 rings (SSSR count). The Kier molecular flexibility index (Phi) is 9.16. The number of carbonyl (C=O) groups is 2. The van der Waals surface area contributed by atoms with Crippen LogP contribution in [-0.2, 0) is 4.79 Å². The van der Waals surface area contributed by atoms with E-state index in [-0.39, 0.29) is 6.03 Å². The standard InChI is InChI=1S/C27H38N4O2/c1-4-5-6-7-8-9-26(32)31-18-16-30(17-19-31)25-14-12-23(13-15-25)28-27(33)29-24-11-10-21(2)22(3)20-24/h10-15,20H,4-9,16-19H2,1-3H3,(H2,28,29,33). The van der Waals surface area contributed by atoms with Gasteiger partial charge in [-0.05, 0) is 67.8 Å². The molecule has 3 amide bonds. The van der Waals surface area contributed by atoms with Crippen molar-refractivity contribution in [3.63, 3.8) is 0 Å². The summed E-state index contributed by atoms with van der Waals surface area (Å²) in [5, 5.41) is 5.77. The van der Waals surface area contributed by atoms with E-state index in [4.69, 9.17) is 0 Å². The second-order valence-electron chi connectivity index (χ2n) is 8.96. The van der Waals surface area contributed by atoms with E-state index in [0.29, 0.717) is 12.3 Å². The van der Waals surface area contributed by atoms with Gasteiger partial charge in [0.2, 0.25) is 5.91 Å². The minimum absolute atomic E-state index is 0.257. The van der Waals surface area contributed by atoms with Crippen LogP contribution < -0.4 is 15.5 Å². The lowest BCUT2D eigenvalue weighted by molar-refractivity contribution is -0.131. The Bertz CT molecular complexity index is 918. The summed E-state index contributed by atoms with van der Waals surface area (Å²) in [6, 6.07) is 13.5. The van der Waals surface area contributed by atoms with E-state index in [1.165, 1.54) is 24.8 Å². The summed E-state index contributed by atoms with van der Waals surface area (Å²) in [5.41, 5.74) is 4.98. The monoisotopic (exact) mass is 450 g/mol. The van der Waals surface area contributed by atoms with E-state index in [2.05, 4.69) is 22.5 Å². The molecule has 6 heteroatoms. The fourth-order valence-electron chi connectivity index (χ4n) is 4.12. The van der Waals surface area contributed by atoms with Gasteiger partial charge in [-0.1, -0.05) is 38.7 Å². The maximum Gasteiger partial charge on any atom is 0.323 e. The molecule has 2 aromatic carbocycles. The maximum atomic E-state index is 12.4. The van der Waals surface area contributed by atoms with Crippen molar-refractivity contribution in [2.24, 2.45) is 0 Å². The summed E-state index contributed by atoms with van der Waals surface area (Å²) in [6.07, 6.45) is 6.56. The van der Waals surface area contributed by atoms with Crippen molar-refractivity contribution in [3.8, 4) is 0 Å². The van der Waals surface area contributed by atoms with E-state index in [1.54, 1.807) is 0 Å². The van der Waals surface area contributed by atoms with Gasteiger partial charge in [0.1, 0.15) is 0 Å². The number of piperazine rings is 1. The Morgan fingerprint density at radius 2 is 1.42 bits per heavy atom. The summed E-state index contributed by atoms with van der Waals surface area (Å²) < 4.78 is 0. The molecule has 1 aliphatic rings. The van der Waals surface area contributed by atoms with Crippen LogP contribution >= 0.6 is 0 Å². The molecule has 0 aromatic heterocycles. The fourth-order valence-corrected chi connectivity index (χ4v) is 4.12. The second-order valence-corrected chi connectivity index (χ2v) is 8.96. The molecule has 0 unspecified atom stereocenters. The Balaban J connectivity index is 1.42. The molecule has 2 aromatic rings. The van der Waals surface area contributed by atoms with Gasteiger partial charge in [0.05, 0.1) is 0 Å². The fraction of sp³-hybridized carbons (Fsp3) is 0.481. The molecule has 0 spiro atoms. The third-order valence-corrected chi connectivity index (χ3v) is 6.38. The van der Waals surface area contributed by atoms with E-state index < -0.39 is 0 Å². The zero-order valence-corrected chi connectivity index (χ0v) is 20.3. The second kappa shape index (κ2) is 12.3. The molecule has 1 heterocycles. The molecule has 0 aliphatic carbocycles. The summed E-state index contributed by atoms with van der Waals surface area (Å²) in [5.74, 6) is 0.292. The highest BCUT2D eigenvalue weighted by molar-refractivity contribution is 5.99. The molecule has 33 heavy (non-hydrogen) atoms. The first kappa shape index (κ1) is 24.6. The molecule has 0 bridgehead atoms. The van der Waals surface area contributed by atoms with Gasteiger partial charge >= 0.3 is 6.03 Å². The lowest BCUT2D eigenvalue weighted by Gasteiger charge is -2.36. The number of aryl methyl sites for hydroxylation is 2. The summed E-state index contributed by atoms with van der Waals surface area (Å²) in [6.45, 7) is 9.50. The number of carbonyl (C=O) groups excluding carboxylic acids is 2. The first-order chi connectivity index (χ1) is 16.0. The maximum absolute atomic E-state index is 12.4. The van der Waals surface area contributed by atoms with Gasteiger partial charge in [-0.2, -0.15) is 0 Å². The minimum atomic E-state index is -0.257. The predicted octanol–water partition coefficient (Wildman–Crippen LogP) is 5.96. The lowest BCUT2D eigenvalue weighted by Crippen LogP contribution is -2.48. The van der Waals surface area contributed by atoms with E-state index >= 15 is 0 Å². The first-order valence-electron chi connectivity index (χ1n) is 12.2. The van der Waals surface area contributed by atoms with Crippen LogP contribution in [-0.4, -0.2) is 43.0 Å². The van der Waals surface area contributed by atoms with Crippen molar-refractivity contribution < 1.29 is 9.59 Å². The van der Waals surface area contributed by atoms with Crippen molar-refractivity contribution in [2.75, 3.05) is 41.7 Å². The number of hydrogen-bond donors (Lipinski definition) is 2. The Labute approximate surface area is 198 Å². The number of benzene rings is 2. The van der Waals surface area contributed by atoms with Crippen molar-refractivity contribution in [1.82, 2.24) is 4.90 Å². The number of nitrogens with one attached hydrogen (secondary N) is 2. The quantitative estimate of drug-likeness (QED) is 0.464. The molecular weight excluding hydrogens is 412 g/mol. The van der Waals surface area contributed by atoms with E-state index in [9.17, 15) is 9.59 Å². The number of amides is 3. The third kappa shape index (κ3) is 7.52. The summed E-state index contributed by atoms with van der Waals surface area (Å²) in [4.78, 5) is 29.1. The summed E-state index contributed by atoms with van der Waals surface area (Å²) >= 11 is 0. The zero-order chi connectivity index (χ0) is 23.6. The van der Waals surface area contributed by atoms with Crippen molar-refractivity contribution in [2.45, 2.75) is 59.3 Å². The van der Waals surface area contributed by atoms with Crippen LogP contribution in [0.1, 0.15) is 56.6 Å². The normalized spacial score (nSPS) is 13.7. The highest BCUT2D eigenvalue weighted by Crippen LogP contribution is 2.21. The van der Waals surface area contributed by atoms with E-state index in [1.807, 2.05) is 61.2 Å². The number of hydrogen-bond acceptors (Lipinski definition) is 3. The van der Waals surface area contributed by atoms with Crippen molar-refractivity contribution in [3.05, 3.63) is 53.6 Å². The average molecular weight is 451 g/mol. The summed E-state index contributed by atoms with van der Waals surface area (Å²) in [7, 11) is 0. The van der Waals surface area contributed by atoms with Gasteiger partial charge in [0.25, 0.3) is 0 Å². The SMILES string of the molecule is CCCCCCCC(=O)N1CCN(c2ccc(NC(=O)Nc3ccc(C)c(C)c3)cc2)CC1. The topological polar surface area (TPSA) is 64.7 Å². The van der Waals surface area contributed by atoms with Gasteiger partial charge in [0, 0.05) is 49.7 Å². The van der Waals surface area contributed by atoms with Crippen molar-refractivity contribution >= 4 is 29.0 Å². The van der Waals surface area contributed by atoms with Gasteiger partial charge in [-0.25, -0.2) is 4.79 Å². The molecule has 1 aliphatic heterocycles. The number of nitrogens with zero attached hydrogens (tertiary/aromatic N) is 2. The highest BCUT2D eigenvalue weighted by atomic mass is 16.2. The minimum Gasteiger partial charge on any atom is -0.368 e. The van der Waals surface area contributed by atoms with Gasteiger partial charge in [0.15, 0.2) is 0 Å². The molecule has 6 nitrogen and oxygen atoms in total. The molecule has 2 N–H and O–H groups in total. The molecular formula is C27H38N4O2. The largest absolute Gasteiger partial charge is 0.368 e. The number of anilines is 3. The predicted molar refractivity (Wildman–Crippen MR) is 137 cm³/mol.